The molecule has 0 amide bonds. The van der Waals surface area contributed by atoms with Gasteiger partial charge in [-0.3, -0.25) is 0 Å². The molecule has 3 nitrogen and oxygen atoms in total. The zero-order chi connectivity index (χ0) is 34.9. The third-order valence-corrected chi connectivity index (χ3v) is 11.1. The summed E-state index contributed by atoms with van der Waals surface area (Å²) in [6, 6.07) is 67.3. The van der Waals surface area contributed by atoms with Crippen molar-refractivity contribution in [1.82, 2.24) is 15.0 Å². The first-order valence-electron chi connectivity index (χ1n) is 18.1. The average molecular weight is 674 g/mol. The van der Waals surface area contributed by atoms with Crippen LogP contribution in [0, 0.1) is 0 Å². The van der Waals surface area contributed by atoms with E-state index in [2.05, 4.69) is 170 Å². The van der Waals surface area contributed by atoms with Crippen molar-refractivity contribution in [2.24, 2.45) is 0 Å². The smallest absolute Gasteiger partial charge is 0.163 e. The minimum Gasteiger partial charge on any atom is -0.211 e. The third-order valence-electron chi connectivity index (χ3n) is 11.1. The van der Waals surface area contributed by atoms with Crippen LogP contribution in [-0.4, -0.2) is 15.0 Å². The van der Waals surface area contributed by atoms with Crippen LogP contribution in [0.15, 0.2) is 188 Å². The van der Waals surface area contributed by atoms with Crippen molar-refractivity contribution in [1.29, 1.82) is 0 Å². The van der Waals surface area contributed by atoms with E-state index in [1.165, 1.54) is 65.3 Å². The summed E-state index contributed by atoms with van der Waals surface area (Å²) in [6.45, 7) is 0. The van der Waals surface area contributed by atoms with Crippen molar-refractivity contribution in [3.63, 3.8) is 0 Å². The number of hydrogen-bond acceptors (Lipinski definition) is 3. The van der Waals surface area contributed by atoms with Crippen molar-refractivity contribution in [3.05, 3.63) is 211 Å². The van der Waals surface area contributed by atoms with E-state index in [1.54, 1.807) is 0 Å². The topological polar surface area (TPSA) is 38.7 Å². The van der Waals surface area contributed by atoms with Crippen LogP contribution in [0.25, 0.3) is 77.0 Å². The molecule has 53 heavy (non-hydrogen) atoms. The van der Waals surface area contributed by atoms with Crippen LogP contribution in [0.1, 0.15) is 22.5 Å². The van der Waals surface area contributed by atoms with E-state index in [0.29, 0.717) is 17.5 Å². The van der Waals surface area contributed by atoms with Gasteiger partial charge in [-0.1, -0.05) is 176 Å². The first-order chi connectivity index (χ1) is 26.3. The highest BCUT2D eigenvalue weighted by atomic mass is 15.0. The fourth-order valence-corrected chi connectivity index (χ4v) is 8.68. The Morgan fingerprint density at radius 1 is 0.321 bits per heavy atom. The SMILES string of the molecule is c1ccc(-c2nc(-c3ccc4ccc5c6ccccc6ccc5c4c3)nc(C3(c4ccc5ccccc5c4)c4ccccc4-c4ccccc43)n2)cc1. The lowest BCUT2D eigenvalue weighted by molar-refractivity contribution is 0.693. The molecule has 0 atom stereocenters. The molecule has 0 spiro atoms. The standard InChI is InChI=1S/C50H31N3/c1-2-14-35(15-3-1)47-51-48(37-23-22-34-26-28-40-39-17-7-6-13-33(39)25-29-41(40)44(34)31-37)53-49(52-47)50(38-27-24-32-12-4-5-16-36(32)30-38)45-20-10-8-18-42(45)43-19-9-11-21-46(43)50/h1-31H. The lowest BCUT2D eigenvalue weighted by atomic mass is 9.71. The summed E-state index contributed by atoms with van der Waals surface area (Å²) in [7, 11) is 0. The van der Waals surface area contributed by atoms with E-state index in [-0.39, 0.29) is 0 Å². The Kier molecular flexibility index (Phi) is 6.47. The molecule has 246 valence electrons. The monoisotopic (exact) mass is 673 g/mol. The van der Waals surface area contributed by atoms with Gasteiger partial charge in [-0.25, -0.2) is 15.0 Å². The number of aromatic nitrogens is 3. The van der Waals surface area contributed by atoms with Gasteiger partial charge in [0.05, 0.1) is 0 Å². The zero-order valence-corrected chi connectivity index (χ0v) is 28.7. The molecule has 1 heterocycles. The Balaban J connectivity index is 1.23. The molecule has 0 unspecified atom stereocenters. The van der Waals surface area contributed by atoms with Crippen LogP contribution in [-0.2, 0) is 5.41 Å². The largest absolute Gasteiger partial charge is 0.211 e. The number of rotatable bonds is 4. The minimum atomic E-state index is -0.791. The van der Waals surface area contributed by atoms with Crippen molar-refractivity contribution in [2.75, 3.05) is 0 Å². The van der Waals surface area contributed by atoms with Gasteiger partial charge >= 0.3 is 0 Å². The fourth-order valence-electron chi connectivity index (χ4n) is 8.68. The molecule has 3 heteroatoms. The van der Waals surface area contributed by atoms with Crippen LogP contribution in [0.5, 0.6) is 0 Å². The maximum Gasteiger partial charge on any atom is 0.163 e. The first-order valence-corrected chi connectivity index (χ1v) is 18.1. The second-order valence-electron chi connectivity index (χ2n) is 14.0. The van der Waals surface area contributed by atoms with Crippen LogP contribution < -0.4 is 0 Å². The quantitative estimate of drug-likeness (QED) is 0.175. The molecule has 0 fully saturated rings. The van der Waals surface area contributed by atoms with E-state index in [1.807, 2.05) is 18.2 Å². The van der Waals surface area contributed by atoms with Gasteiger partial charge in [0, 0.05) is 11.1 Å². The predicted octanol–water partition coefficient (Wildman–Crippen LogP) is 12.2. The molecule has 1 aromatic heterocycles. The predicted molar refractivity (Wildman–Crippen MR) is 218 cm³/mol. The van der Waals surface area contributed by atoms with Crippen LogP contribution in [0.3, 0.4) is 0 Å². The van der Waals surface area contributed by atoms with Crippen LogP contribution in [0.2, 0.25) is 0 Å². The molecule has 9 aromatic carbocycles. The van der Waals surface area contributed by atoms with Gasteiger partial charge in [-0.2, -0.15) is 0 Å². The molecular weight excluding hydrogens is 643 g/mol. The number of benzene rings is 9. The van der Waals surface area contributed by atoms with Gasteiger partial charge in [0.2, 0.25) is 0 Å². The highest BCUT2D eigenvalue weighted by Crippen LogP contribution is 2.55. The molecule has 0 saturated heterocycles. The Hall–Kier alpha value is -6.97. The van der Waals surface area contributed by atoms with E-state index in [0.717, 1.165) is 16.7 Å². The van der Waals surface area contributed by atoms with E-state index in [4.69, 9.17) is 15.0 Å². The molecule has 0 bridgehead atoms. The van der Waals surface area contributed by atoms with Crippen molar-refractivity contribution >= 4 is 43.1 Å². The van der Waals surface area contributed by atoms with Crippen molar-refractivity contribution in [3.8, 4) is 33.9 Å². The van der Waals surface area contributed by atoms with Crippen molar-refractivity contribution < 1.29 is 0 Å². The third kappa shape index (κ3) is 4.44. The Bertz CT molecular complexity index is 3030. The second-order valence-corrected chi connectivity index (χ2v) is 14.0. The van der Waals surface area contributed by atoms with Crippen LogP contribution >= 0.6 is 0 Å². The minimum absolute atomic E-state index is 0.649. The van der Waals surface area contributed by atoms with Gasteiger partial charge < -0.3 is 0 Å². The van der Waals surface area contributed by atoms with Crippen molar-refractivity contribution in [2.45, 2.75) is 5.41 Å². The maximum absolute atomic E-state index is 5.55. The molecule has 0 N–H and O–H groups in total. The summed E-state index contributed by atoms with van der Waals surface area (Å²) in [5.74, 6) is 2.00. The lowest BCUT2D eigenvalue weighted by Crippen LogP contribution is -2.31. The van der Waals surface area contributed by atoms with Crippen LogP contribution in [0.4, 0.5) is 0 Å². The molecule has 10 aromatic rings. The molecule has 0 radical (unpaired) electrons. The molecular formula is C50H31N3. The van der Waals surface area contributed by atoms with Gasteiger partial charge in [-0.05, 0) is 83.0 Å². The normalized spacial score (nSPS) is 13.1. The Morgan fingerprint density at radius 3 is 1.62 bits per heavy atom. The molecule has 0 saturated carbocycles. The van der Waals surface area contributed by atoms with E-state index in [9.17, 15) is 0 Å². The highest BCUT2D eigenvalue weighted by Gasteiger charge is 2.49. The average Bonchev–Trinajstić information content (AvgIpc) is 3.54. The number of fused-ring (bicyclic) bond motifs is 9. The Morgan fingerprint density at radius 2 is 0.868 bits per heavy atom. The summed E-state index contributed by atoms with van der Waals surface area (Å²) in [5, 5.41) is 9.68. The van der Waals surface area contributed by atoms with E-state index < -0.39 is 5.41 Å². The Labute approximate surface area is 306 Å². The van der Waals surface area contributed by atoms with Gasteiger partial charge in [0.15, 0.2) is 17.5 Å². The molecule has 11 rings (SSSR count). The first kappa shape index (κ1) is 29.7. The summed E-state index contributed by atoms with van der Waals surface area (Å²) in [4.78, 5) is 16.3. The fraction of sp³-hybridized carbons (Fsp3) is 0.0200. The number of nitrogens with zero attached hydrogens (tertiary/aromatic N) is 3. The summed E-state index contributed by atoms with van der Waals surface area (Å²) < 4.78 is 0. The molecule has 0 aliphatic heterocycles. The summed E-state index contributed by atoms with van der Waals surface area (Å²) in [6.07, 6.45) is 0. The number of hydrogen-bond donors (Lipinski definition) is 0. The van der Waals surface area contributed by atoms with Gasteiger partial charge in [0.25, 0.3) is 0 Å². The zero-order valence-electron chi connectivity index (χ0n) is 28.7. The maximum atomic E-state index is 5.55. The lowest BCUT2D eigenvalue weighted by Gasteiger charge is -2.32. The highest BCUT2D eigenvalue weighted by molar-refractivity contribution is 6.17. The summed E-state index contributed by atoms with van der Waals surface area (Å²) in [5.41, 5.74) is 6.97. The van der Waals surface area contributed by atoms with E-state index >= 15 is 0 Å². The summed E-state index contributed by atoms with van der Waals surface area (Å²) >= 11 is 0. The van der Waals surface area contributed by atoms with Gasteiger partial charge in [0.1, 0.15) is 5.41 Å². The second kappa shape index (κ2) is 11.5. The molecule has 1 aliphatic rings. The van der Waals surface area contributed by atoms with Gasteiger partial charge in [-0.15, -0.1) is 0 Å². The molecule has 1 aliphatic carbocycles.